The zero-order valence-corrected chi connectivity index (χ0v) is 14.7. The van der Waals surface area contributed by atoms with E-state index in [-0.39, 0.29) is 17.0 Å². The summed E-state index contributed by atoms with van der Waals surface area (Å²) >= 11 is 0. The van der Waals surface area contributed by atoms with Crippen LogP contribution in [0.1, 0.15) is 34.6 Å². The fourth-order valence-electron chi connectivity index (χ4n) is 2.67. The standard InChI is InChI=1S/C21H21N3O2/c1-14-12-20(25)19(13-22-14)21(26)24-18-10-8-17(9-11-18)23-15(2)16-6-4-3-5-7-16/h3-13,15,23H,1-2H3,(H,22,25)(H,24,26). The highest BCUT2D eigenvalue weighted by atomic mass is 16.2. The average molecular weight is 347 g/mol. The maximum atomic E-state index is 12.2. The van der Waals surface area contributed by atoms with Gasteiger partial charge in [-0.15, -0.1) is 0 Å². The van der Waals surface area contributed by atoms with Crippen LogP contribution in [0, 0.1) is 6.92 Å². The highest BCUT2D eigenvalue weighted by Gasteiger charge is 2.11. The summed E-state index contributed by atoms with van der Waals surface area (Å²) in [6.45, 7) is 3.86. The molecule has 26 heavy (non-hydrogen) atoms. The van der Waals surface area contributed by atoms with Crippen LogP contribution in [0.5, 0.6) is 0 Å². The van der Waals surface area contributed by atoms with E-state index in [0.717, 1.165) is 11.4 Å². The number of aromatic nitrogens is 1. The first kappa shape index (κ1) is 17.5. The van der Waals surface area contributed by atoms with Crippen molar-refractivity contribution < 1.29 is 4.79 Å². The number of anilines is 2. The Kier molecular flexibility index (Phi) is 5.17. The number of benzene rings is 2. The van der Waals surface area contributed by atoms with E-state index in [1.165, 1.54) is 17.8 Å². The van der Waals surface area contributed by atoms with E-state index >= 15 is 0 Å². The van der Waals surface area contributed by atoms with Crippen LogP contribution in [0.3, 0.4) is 0 Å². The molecule has 0 fully saturated rings. The molecule has 5 heteroatoms. The zero-order chi connectivity index (χ0) is 18.5. The summed E-state index contributed by atoms with van der Waals surface area (Å²) in [5.74, 6) is -0.426. The summed E-state index contributed by atoms with van der Waals surface area (Å²) < 4.78 is 0. The molecule has 0 aliphatic rings. The van der Waals surface area contributed by atoms with Crippen molar-refractivity contribution in [3.05, 3.63) is 93.9 Å². The van der Waals surface area contributed by atoms with Gasteiger partial charge in [0.25, 0.3) is 5.91 Å². The van der Waals surface area contributed by atoms with Crippen LogP contribution in [-0.4, -0.2) is 10.9 Å². The third-order valence-corrected chi connectivity index (χ3v) is 4.13. The molecule has 5 nitrogen and oxygen atoms in total. The summed E-state index contributed by atoms with van der Waals surface area (Å²) in [5, 5.41) is 6.16. The highest BCUT2D eigenvalue weighted by molar-refractivity contribution is 6.04. The number of aryl methyl sites for hydroxylation is 1. The number of hydrogen-bond acceptors (Lipinski definition) is 3. The van der Waals surface area contributed by atoms with Crippen molar-refractivity contribution in [1.82, 2.24) is 4.98 Å². The summed E-state index contributed by atoms with van der Waals surface area (Å²) in [7, 11) is 0. The number of rotatable bonds is 5. The Morgan fingerprint density at radius 2 is 1.65 bits per heavy atom. The van der Waals surface area contributed by atoms with E-state index in [0.29, 0.717) is 5.69 Å². The third-order valence-electron chi connectivity index (χ3n) is 4.13. The number of amides is 1. The van der Waals surface area contributed by atoms with Gasteiger partial charge >= 0.3 is 0 Å². The first-order valence-electron chi connectivity index (χ1n) is 8.45. The lowest BCUT2D eigenvalue weighted by Gasteiger charge is -2.16. The zero-order valence-electron chi connectivity index (χ0n) is 14.7. The van der Waals surface area contributed by atoms with Gasteiger partial charge in [-0.1, -0.05) is 30.3 Å². The molecule has 0 radical (unpaired) electrons. The SMILES string of the molecule is Cc1cc(=O)c(C(=O)Nc2ccc(NC(C)c3ccccc3)cc2)c[nH]1. The Balaban J connectivity index is 1.66. The van der Waals surface area contributed by atoms with E-state index in [9.17, 15) is 9.59 Å². The Morgan fingerprint density at radius 3 is 2.31 bits per heavy atom. The monoisotopic (exact) mass is 347 g/mol. The lowest BCUT2D eigenvalue weighted by Crippen LogP contribution is -2.21. The fourth-order valence-corrected chi connectivity index (χ4v) is 2.67. The molecule has 1 unspecified atom stereocenters. The molecule has 3 N–H and O–H groups in total. The predicted molar refractivity (Wildman–Crippen MR) is 105 cm³/mol. The van der Waals surface area contributed by atoms with Gasteiger partial charge in [-0.05, 0) is 43.7 Å². The molecule has 0 saturated carbocycles. The van der Waals surface area contributed by atoms with E-state index in [2.05, 4.69) is 34.7 Å². The van der Waals surface area contributed by atoms with E-state index in [1.807, 2.05) is 30.3 Å². The maximum absolute atomic E-state index is 12.2. The molecule has 1 heterocycles. The quantitative estimate of drug-likeness (QED) is 0.650. The van der Waals surface area contributed by atoms with E-state index in [4.69, 9.17) is 0 Å². The summed E-state index contributed by atoms with van der Waals surface area (Å²) in [5.41, 5.74) is 3.29. The molecule has 3 rings (SSSR count). The van der Waals surface area contributed by atoms with Gasteiger partial charge in [0, 0.05) is 35.4 Å². The topological polar surface area (TPSA) is 74.0 Å². The fraction of sp³-hybridized carbons (Fsp3) is 0.143. The van der Waals surface area contributed by atoms with Crippen molar-refractivity contribution in [2.24, 2.45) is 0 Å². The molecular formula is C21H21N3O2. The minimum Gasteiger partial charge on any atom is -0.379 e. The molecule has 1 aromatic heterocycles. The molecule has 1 amide bonds. The molecule has 0 spiro atoms. The molecule has 0 aliphatic carbocycles. The molecule has 132 valence electrons. The van der Waals surface area contributed by atoms with Crippen molar-refractivity contribution in [2.45, 2.75) is 19.9 Å². The first-order chi connectivity index (χ1) is 12.5. The number of aromatic amines is 1. The highest BCUT2D eigenvalue weighted by Crippen LogP contribution is 2.20. The van der Waals surface area contributed by atoms with Gasteiger partial charge in [-0.2, -0.15) is 0 Å². The smallest absolute Gasteiger partial charge is 0.261 e. The maximum Gasteiger partial charge on any atom is 0.261 e. The molecule has 1 atom stereocenters. The van der Waals surface area contributed by atoms with Crippen molar-refractivity contribution in [1.29, 1.82) is 0 Å². The van der Waals surface area contributed by atoms with Gasteiger partial charge in [-0.25, -0.2) is 0 Å². The van der Waals surface area contributed by atoms with Crippen molar-refractivity contribution >= 4 is 17.3 Å². The molecule has 2 aromatic carbocycles. The number of carbonyl (C=O) groups excluding carboxylic acids is 1. The second-order valence-electron chi connectivity index (χ2n) is 6.20. The van der Waals surface area contributed by atoms with Crippen LogP contribution in [0.15, 0.2) is 71.7 Å². The van der Waals surface area contributed by atoms with Gasteiger partial charge in [0.2, 0.25) is 0 Å². The molecule has 0 saturated heterocycles. The Labute approximate surface area is 152 Å². The van der Waals surface area contributed by atoms with Crippen molar-refractivity contribution in [2.75, 3.05) is 10.6 Å². The number of pyridine rings is 1. The third kappa shape index (κ3) is 4.19. The predicted octanol–water partition coefficient (Wildman–Crippen LogP) is 4.11. The van der Waals surface area contributed by atoms with Gasteiger partial charge in [0.1, 0.15) is 5.56 Å². The second-order valence-corrected chi connectivity index (χ2v) is 6.20. The molecule has 0 bridgehead atoms. The van der Waals surface area contributed by atoms with Gasteiger partial charge in [-0.3, -0.25) is 9.59 Å². The molecular weight excluding hydrogens is 326 g/mol. The molecule has 3 aromatic rings. The first-order valence-corrected chi connectivity index (χ1v) is 8.45. The minimum absolute atomic E-state index is 0.0931. The van der Waals surface area contributed by atoms with Gasteiger partial charge in [0.15, 0.2) is 5.43 Å². The second kappa shape index (κ2) is 7.70. The number of H-pyrrole nitrogens is 1. The molecule has 0 aliphatic heterocycles. The lowest BCUT2D eigenvalue weighted by atomic mass is 10.1. The van der Waals surface area contributed by atoms with Gasteiger partial charge < -0.3 is 15.6 Å². The van der Waals surface area contributed by atoms with Crippen molar-refractivity contribution in [3.63, 3.8) is 0 Å². The normalized spacial score (nSPS) is 11.6. The Bertz CT molecular complexity index is 947. The number of nitrogens with one attached hydrogen (secondary N) is 3. The van der Waals surface area contributed by atoms with Crippen LogP contribution in [0.25, 0.3) is 0 Å². The van der Waals surface area contributed by atoms with E-state index in [1.54, 1.807) is 19.1 Å². The number of hydrogen-bond donors (Lipinski definition) is 3. The van der Waals surface area contributed by atoms with Gasteiger partial charge in [0.05, 0.1) is 0 Å². The van der Waals surface area contributed by atoms with Crippen LogP contribution in [0.4, 0.5) is 11.4 Å². The van der Waals surface area contributed by atoms with E-state index < -0.39 is 5.91 Å². The van der Waals surface area contributed by atoms with Crippen LogP contribution in [-0.2, 0) is 0 Å². The minimum atomic E-state index is -0.426. The largest absolute Gasteiger partial charge is 0.379 e. The van der Waals surface area contributed by atoms with Crippen LogP contribution in [0.2, 0.25) is 0 Å². The van der Waals surface area contributed by atoms with Crippen LogP contribution >= 0.6 is 0 Å². The summed E-state index contributed by atoms with van der Waals surface area (Å²) in [4.78, 5) is 27.0. The van der Waals surface area contributed by atoms with Crippen molar-refractivity contribution in [3.8, 4) is 0 Å². The number of carbonyl (C=O) groups is 1. The Morgan fingerprint density at radius 1 is 1.00 bits per heavy atom. The Hall–Kier alpha value is -3.34. The van der Waals surface area contributed by atoms with Crippen LogP contribution < -0.4 is 16.1 Å². The summed E-state index contributed by atoms with van der Waals surface area (Å²) in [6, 6.07) is 19.2. The lowest BCUT2D eigenvalue weighted by molar-refractivity contribution is 0.102. The summed E-state index contributed by atoms with van der Waals surface area (Å²) in [6.07, 6.45) is 1.43. The average Bonchev–Trinajstić information content (AvgIpc) is 2.64.